The first-order valence-corrected chi connectivity index (χ1v) is 5.32. The number of nitrogens with zero attached hydrogens (tertiary/aromatic N) is 1. The van der Waals surface area contributed by atoms with Gasteiger partial charge in [0.15, 0.2) is 5.88 Å². The standard InChI is InChI=1S/C11H20N2O3/c1-5-16-7-13-9(14)6-8(10(13)15)12-11(2,3)4/h6,12,14-15H,5,7H2,1-4H3. The summed E-state index contributed by atoms with van der Waals surface area (Å²) in [5.74, 6) is -0.0291. The van der Waals surface area contributed by atoms with Crippen molar-refractivity contribution in [2.75, 3.05) is 11.9 Å². The lowest BCUT2D eigenvalue weighted by molar-refractivity contribution is 0.0771. The monoisotopic (exact) mass is 228 g/mol. The molecule has 0 saturated heterocycles. The highest BCUT2D eigenvalue weighted by atomic mass is 16.5. The zero-order chi connectivity index (χ0) is 12.3. The van der Waals surface area contributed by atoms with Gasteiger partial charge < -0.3 is 20.3 Å². The summed E-state index contributed by atoms with van der Waals surface area (Å²) in [4.78, 5) is 0. The highest BCUT2D eigenvalue weighted by Gasteiger charge is 2.18. The summed E-state index contributed by atoms with van der Waals surface area (Å²) in [7, 11) is 0. The normalized spacial score (nSPS) is 11.8. The molecule has 16 heavy (non-hydrogen) atoms. The Morgan fingerprint density at radius 2 is 2.00 bits per heavy atom. The molecule has 1 aromatic rings. The SMILES string of the molecule is CCOCn1c(O)cc(NC(C)(C)C)c1O. The van der Waals surface area contributed by atoms with E-state index in [4.69, 9.17) is 4.74 Å². The Hall–Kier alpha value is -1.36. The van der Waals surface area contributed by atoms with Gasteiger partial charge >= 0.3 is 0 Å². The first-order chi connectivity index (χ1) is 7.35. The molecule has 0 saturated carbocycles. The fourth-order valence-corrected chi connectivity index (χ4v) is 1.33. The van der Waals surface area contributed by atoms with Crippen molar-refractivity contribution in [1.29, 1.82) is 0 Å². The molecule has 0 aromatic carbocycles. The van der Waals surface area contributed by atoms with Crippen LogP contribution >= 0.6 is 0 Å². The van der Waals surface area contributed by atoms with Crippen LogP contribution in [0.5, 0.6) is 11.8 Å². The lowest BCUT2D eigenvalue weighted by Gasteiger charge is -2.21. The van der Waals surface area contributed by atoms with Crippen LogP contribution in [0.4, 0.5) is 5.69 Å². The van der Waals surface area contributed by atoms with E-state index in [9.17, 15) is 10.2 Å². The van der Waals surface area contributed by atoms with Gasteiger partial charge in [-0.2, -0.15) is 0 Å². The number of ether oxygens (including phenoxy) is 1. The van der Waals surface area contributed by atoms with Crippen LogP contribution in [0.2, 0.25) is 0 Å². The van der Waals surface area contributed by atoms with Crippen molar-refractivity contribution in [3.8, 4) is 11.8 Å². The molecule has 0 amide bonds. The second-order valence-electron chi connectivity index (χ2n) is 4.66. The molecule has 0 radical (unpaired) electrons. The minimum absolute atomic E-state index is 0.0131. The van der Waals surface area contributed by atoms with Crippen molar-refractivity contribution < 1.29 is 14.9 Å². The lowest BCUT2D eigenvalue weighted by atomic mass is 10.1. The van der Waals surface area contributed by atoms with Gasteiger partial charge in [-0.15, -0.1) is 0 Å². The van der Waals surface area contributed by atoms with E-state index in [-0.39, 0.29) is 24.0 Å². The van der Waals surface area contributed by atoms with E-state index in [1.165, 1.54) is 10.6 Å². The average molecular weight is 228 g/mol. The first kappa shape index (κ1) is 12.7. The molecular formula is C11H20N2O3. The Bertz CT molecular complexity index is 353. The molecule has 0 unspecified atom stereocenters. The van der Waals surface area contributed by atoms with Gasteiger partial charge in [-0.3, -0.25) is 4.57 Å². The topological polar surface area (TPSA) is 66.7 Å². The van der Waals surface area contributed by atoms with Crippen molar-refractivity contribution in [2.24, 2.45) is 0 Å². The van der Waals surface area contributed by atoms with E-state index in [1.54, 1.807) is 0 Å². The summed E-state index contributed by atoms with van der Waals surface area (Å²) in [6.45, 7) is 8.45. The van der Waals surface area contributed by atoms with E-state index < -0.39 is 0 Å². The molecule has 92 valence electrons. The number of hydrogen-bond donors (Lipinski definition) is 3. The Kier molecular flexibility index (Phi) is 3.70. The second kappa shape index (κ2) is 4.65. The van der Waals surface area contributed by atoms with Gasteiger partial charge in [0.25, 0.3) is 0 Å². The van der Waals surface area contributed by atoms with Gasteiger partial charge in [0.1, 0.15) is 12.4 Å². The molecule has 3 N–H and O–H groups in total. The highest BCUT2D eigenvalue weighted by Crippen LogP contribution is 2.33. The molecular weight excluding hydrogens is 208 g/mol. The number of nitrogens with one attached hydrogen (secondary N) is 1. The molecule has 0 aliphatic rings. The summed E-state index contributed by atoms with van der Waals surface area (Å²) >= 11 is 0. The Morgan fingerprint density at radius 1 is 1.38 bits per heavy atom. The van der Waals surface area contributed by atoms with E-state index in [0.717, 1.165) is 0 Å². The maximum absolute atomic E-state index is 9.86. The molecule has 5 nitrogen and oxygen atoms in total. The minimum atomic E-state index is -0.179. The van der Waals surface area contributed by atoms with Crippen LogP contribution in [0, 0.1) is 0 Å². The van der Waals surface area contributed by atoms with Crippen LogP contribution in [-0.2, 0) is 11.5 Å². The molecule has 0 spiro atoms. The second-order valence-corrected chi connectivity index (χ2v) is 4.66. The molecule has 5 heteroatoms. The molecule has 1 rings (SSSR count). The number of aromatic nitrogens is 1. The molecule has 1 aromatic heterocycles. The third kappa shape index (κ3) is 3.06. The molecule has 0 aliphatic carbocycles. The van der Waals surface area contributed by atoms with Crippen molar-refractivity contribution in [3.63, 3.8) is 0 Å². The van der Waals surface area contributed by atoms with Gasteiger partial charge in [-0.25, -0.2) is 0 Å². The largest absolute Gasteiger partial charge is 0.494 e. The van der Waals surface area contributed by atoms with Crippen LogP contribution in [-0.4, -0.2) is 26.9 Å². The van der Waals surface area contributed by atoms with Crippen LogP contribution in [0.1, 0.15) is 27.7 Å². The fourth-order valence-electron chi connectivity index (χ4n) is 1.33. The maximum Gasteiger partial charge on any atom is 0.220 e. The van der Waals surface area contributed by atoms with Gasteiger partial charge in [0.2, 0.25) is 5.88 Å². The zero-order valence-corrected chi connectivity index (χ0v) is 10.2. The summed E-state index contributed by atoms with van der Waals surface area (Å²) in [5.41, 5.74) is 0.326. The van der Waals surface area contributed by atoms with Crippen molar-refractivity contribution in [2.45, 2.75) is 40.0 Å². The molecule has 0 bridgehead atoms. The Labute approximate surface area is 95.7 Å². The summed E-state index contributed by atoms with van der Waals surface area (Å²) < 4.78 is 6.44. The number of anilines is 1. The molecule has 0 aliphatic heterocycles. The summed E-state index contributed by atoms with van der Waals surface area (Å²) in [6, 6.07) is 1.49. The van der Waals surface area contributed by atoms with E-state index >= 15 is 0 Å². The van der Waals surface area contributed by atoms with E-state index in [0.29, 0.717) is 12.3 Å². The van der Waals surface area contributed by atoms with Crippen LogP contribution < -0.4 is 5.32 Å². The molecule has 0 fully saturated rings. The average Bonchev–Trinajstić information content (AvgIpc) is 2.37. The fraction of sp³-hybridized carbons (Fsp3) is 0.636. The number of hydrogen-bond acceptors (Lipinski definition) is 4. The van der Waals surface area contributed by atoms with Gasteiger partial charge in [0, 0.05) is 18.2 Å². The maximum atomic E-state index is 9.86. The predicted molar refractivity (Wildman–Crippen MR) is 62.8 cm³/mol. The first-order valence-electron chi connectivity index (χ1n) is 5.32. The van der Waals surface area contributed by atoms with Crippen LogP contribution in [0.25, 0.3) is 0 Å². The van der Waals surface area contributed by atoms with Crippen LogP contribution in [0.3, 0.4) is 0 Å². The Morgan fingerprint density at radius 3 is 2.50 bits per heavy atom. The quantitative estimate of drug-likeness (QED) is 0.738. The van der Waals surface area contributed by atoms with Gasteiger partial charge in [-0.1, -0.05) is 0 Å². The van der Waals surface area contributed by atoms with E-state index in [1.807, 2.05) is 27.7 Å². The molecule has 1 heterocycles. The van der Waals surface area contributed by atoms with Crippen molar-refractivity contribution >= 4 is 5.69 Å². The highest BCUT2D eigenvalue weighted by molar-refractivity contribution is 5.58. The van der Waals surface area contributed by atoms with Gasteiger partial charge in [-0.05, 0) is 27.7 Å². The summed E-state index contributed by atoms with van der Waals surface area (Å²) in [5, 5.41) is 22.6. The number of rotatable bonds is 4. The zero-order valence-electron chi connectivity index (χ0n) is 10.2. The smallest absolute Gasteiger partial charge is 0.220 e. The number of aromatic hydroxyl groups is 2. The lowest BCUT2D eigenvalue weighted by Crippen LogP contribution is -2.25. The predicted octanol–water partition coefficient (Wildman–Crippen LogP) is 2.10. The van der Waals surface area contributed by atoms with Gasteiger partial charge in [0.05, 0.1) is 0 Å². The molecule has 0 atom stereocenters. The Balaban J connectivity index is 2.88. The minimum Gasteiger partial charge on any atom is -0.494 e. The third-order valence-electron chi connectivity index (χ3n) is 1.98. The third-order valence-corrected chi connectivity index (χ3v) is 1.98. The van der Waals surface area contributed by atoms with Crippen molar-refractivity contribution in [1.82, 2.24) is 4.57 Å². The summed E-state index contributed by atoms with van der Waals surface area (Å²) in [6.07, 6.45) is 0. The van der Waals surface area contributed by atoms with E-state index in [2.05, 4.69) is 5.32 Å². The van der Waals surface area contributed by atoms with Crippen molar-refractivity contribution in [3.05, 3.63) is 6.07 Å². The van der Waals surface area contributed by atoms with Crippen LogP contribution in [0.15, 0.2) is 6.07 Å².